The standard InChI is InChI=1S/C16H15.3C4H9.Sn/c1-3-14-8-10-16(11-9-14)12-15-6-4-13(2)5-7-15;3*1-3-4-2;/h1,3-11H,12H2,2H3;3*1,3-4H2,2H3;. The van der Waals surface area contributed by atoms with E-state index in [2.05, 4.69) is 86.4 Å². The van der Waals surface area contributed by atoms with E-state index in [0.717, 1.165) is 6.42 Å². The van der Waals surface area contributed by atoms with Gasteiger partial charge in [0, 0.05) is 0 Å². The Bertz CT molecular complexity index is 687. The van der Waals surface area contributed by atoms with Crippen LogP contribution in [0.5, 0.6) is 0 Å². The second kappa shape index (κ2) is 13.3. The van der Waals surface area contributed by atoms with Crippen molar-refractivity contribution in [3.05, 3.63) is 74.9 Å². The summed E-state index contributed by atoms with van der Waals surface area (Å²) >= 11 is -2.17. The summed E-state index contributed by atoms with van der Waals surface area (Å²) in [7, 11) is 0. The molecule has 0 saturated carbocycles. The van der Waals surface area contributed by atoms with Crippen molar-refractivity contribution in [2.45, 2.75) is 86.0 Å². The van der Waals surface area contributed by atoms with E-state index in [-0.39, 0.29) is 0 Å². The van der Waals surface area contributed by atoms with Crippen LogP contribution in [-0.4, -0.2) is 18.4 Å². The van der Waals surface area contributed by atoms with Crippen molar-refractivity contribution in [2.75, 3.05) is 0 Å². The van der Waals surface area contributed by atoms with Gasteiger partial charge in [0.05, 0.1) is 0 Å². The van der Waals surface area contributed by atoms with E-state index in [4.69, 9.17) is 0 Å². The molecule has 0 aliphatic carbocycles. The Labute approximate surface area is 184 Å². The molecule has 2 aromatic rings. The molecule has 0 spiro atoms. The van der Waals surface area contributed by atoms with Gasteiger partial charge in [-0.2, -0.15) is 0 Å². The molecule has 0 N–H and O–H groups in total. The quantitative estimate of drug-likeness (QED) is 0.242. The molecule has 2 rings (SSSR count). The fraction of sp³-hybridized carbons (Fsp3) is 0.500. The van der Waals surface area contributed by atoms with Crippen molar-refractivity contribution in [2.24, 2.45) is 0 Å². The molecule has 0 unspecified atom stereocenters. The van der Waals surface area contributed by atoms with Crippen LogP contribution >= 0.6 is 0 Å². The maximum absolute atomic E-state index is 2.78. The monoisotopic (exact) mass is 498 g/mol. The van der Waals surface area contributed by atoms with E-state index in [9.17, 15) is 0 Å². The molecular formula is C28H42Sn. The summed E-state index contributed by atoms with van der Waals surface area (Å²) in [5.41, 5.74) is 5.53. The maximum atomic E-state index is 2.78. The van der Waals surface area contributed by atoms with E-state index in [1.165, 1.54) is 60.8 Å². The van der Waals surface area contributed by atoms with Gasteiger partial charge < -0.3 is 0 Å². The molecule has 0 radical (unpaired) electrons. The first-order chi connectivity index (χ1) is 14.1. The third kappa shape index (κ3) is 8.70. The Morgan fingerprint density at radius 2 is 1.10 bits per heavy atom. The summed E-state index contributed by atoms with van der Waals surface area (Å²) in [4.78, 5) is 0. The Kier molecular flexibility index (Phi) is 11.1. The number of hydrogen-bond donors (Lipinski definition) is 0. The molecule has 0 atom stereocenters. The fourth-order valence-corrected chi connectivity index (χ4v) is 18.4. The minimum atomic E-state index is -2.17. The average Bonchev–Trinajstić information content (AvgIpc) is 2.75. The zero-order valence-corrected chi connectivity index (χ0v) is 22.2. The second-order valence-corrected chi connectivity index (χ2v) is 21.9. The molecule has 0 aliphatic heterocycles. The van der Waals surface area contributed by atoms with E-state index in [1.807, 2.05) is 0 Å². The van der Waals surface area contributed by atoms with Gasteiger partial charge in [-0.15, -0.1) is 0 Å². The van der Waals surface area contributed by atoms with Crippen molar-refractivity contribution in [1.29, 1.82) is 0 Å². The van der Waals surface area contributed by atoms with Crippen LogP contribution in [-0.2, 0) is 6.42 Å². The third-order valence-electron chi connectivity index (χ3n) is 6.22. The summed E-state index contributed by atoms with van der Waals surface area (Å²) in [6, 6.07) is 18.2. The van der Waals surface area contributed by atoms with Gasteiger partial charge in [-0.05, 0) is 0 Å². The van der Waals surface area contributed by atoms with Crippen LogP contribution in [0.4, 0.5) is 0 Å². The molecule has 1 heteroatoms. The molecule has 2 aromatic carbocycles. The van der Waals surface area contributed by atoms with Gasteiger partial charge in [0.15, 0.2) is 0 Å². The summed E-state index contributed by atoms with van der Waals surface area (Å²) < 4.78 is 7.43. The van der Waals surface area contributed by atoms with Crippen molar-refractivity contribution < 1.29 is 0 Å². The fourth-order valence-electron chi connectivity index (χ4n) is 4.17. The summed E-state index contributed by atoms with van der Waals surface area (Å²) in [6.45, 7) is 9.21. The van der Waals surface area contributed by atoms with Gasteiger partial charge >= 0.3 is 185 Å². The third-order valence-corrected chi connectivity index (χ3v) is 20.3. The van der Waals surface area contributed by atoms with Crippen LogP contribution in [0.1, 0.15) is 81.5 Å². The molecule has 0 fully saturated rings. The zero-order valence-electron chi connectivity index (χ0n) is 19.3. The van der Waals surface area contributed by atoms with Crippen molar-refractivity contribution >= 4 is 24.5 Å². The Hall–Kier alpha value is -1.02. The number of benzene rings is 2. The van der Waals surface area contributed by atoms with Crippen LogP contribution in [0.25, 0.3) is 6.08 Å². The summed E-state index contributed by atoms with van der Waals surface area (Å²) in [5, 5.41) is 0. The molecular weight excluding hydrogens is 455 g/mol. The minimum absolute atomic E-state index is 1.02. The Morgan fingerprint density at radius 1 is 0.655 bits per heavy atom. The normalized spacial score (nSPS) is 12.0. The second-order valence-electron chi connectivity index (χ2n) is 8.91. The van der Waals surface area contributed by atoms with E-state index in [0.29, 0.717) is 0 Å². The molecule has 0 aromatic heterocycles. The molecule has 0 bridgehead atoms. The predicted molar refractivity (Wildman–Crippen MR) is 134 cm³/mol. The number of unbranched alkanes of at least 4 members (excludes halogenated alkanes) is 3. The molecule has 0 amide bonds. The summed E-state index contributed by atoms with van der Waals surface area (Å²) in [6.07, 6.45) is 11.9. The Balaban J connectivity index is 2.10. The van der Waals surface area contributed by atoms with Crippen molar-refractivity contribution in [1.82, 2.24) is 0 Å². The summed E-state index contributed by atoms with van der Waals surface area (Å²) in [5.74, 6) is 0. The van der Waals surface area contributed by atoms with Gasteiger partial charge in [-0.3, -0.25) is 0 Å². The first kappa shape index (κ1) is 24.3. The molecule has 0 aliphatic rings. The Morgan fingerprint density at radius 3 is 1.55 bits per heavy atom. The molecule has 158 valence electrons. The number of hydrogen-bond acceptors (Lipinski definition) is 0. The van der Waals surface area contributed by atoms with Crippen molar-refractivity contribution in [3.63, 3.8) is 0 Å². The average molecular weight is 497 g/mol. The van der Waals surface area contributed by atoms with Gasteiger partial charge in [0.25, 0.3) is 0 Å². The van der Waals surface area contributed by atoms with E-state index < -0.39 is 18.4 Å². The molecule has 0 nitrogen and oxygen atoms in total. The van der Waals surface area contributed by atoms with Gasteiger partial charge in [0.1, 0.15) is 0 Å². The molecule has 0 heterocycles. The topological polar surface area (TPSA) is 0 Å². The van der Waals surface area contributed by atoms with Gasteiger partial charge in [-0.1, -0.05) is 0 Å². The number of aryl methyl sites for hydroxylation is 1. The molecule has 0 saturated heterocycles. The zero-order chi connectivity index (χ0) is 21.0. The van der Waals surface area contributed by atoms with Crippen molar-refractivity contribution in [3.8, 4) is 0 Å². The number of rotatable bonds is 13. The van der Waals surface area contributed by atoms with Gasteiger partial charge in [0.2, 0.25) is 0 Å². The first-order valence-corrected chi connectivity index (χ1v) is 19.6. The van der Waals surface area contributed by atoms with Crippen LogP contribution in [0.15, 0.2) is 52.6 Å². The van der Waals surface area contributed by atoms with Crippen LogP contribution < -0.4 is 0 Å². The first-order valence-electron chi connectivity index (χ1n) is 11.9. The molecule has 29 heavy (non-hydrogen) atoms. The van der Waals surface area contributed by atoms with E-state index in [1.54, 1.807) is 13.3 Å². The van der Waals surface area contributed by atoms with Crippen LogP contribution in [0.3, 0.4) is 0 Å². The van der Waals surface area contributed by atoms with Crippen LogP contribution in [0, 0.1) is 6.92 Å². The van der Waals surface area contributed by atoms with Crippen LogP contribution in [0.2, 0.25) is 13.3 Å². The predicted octanol–water partition coefficient (Wildman–Crippen LogP) is 8.99. The SMILES string of the molecule is CCC[CH2][Sn](/[CH]=C/c1ccc(Cc2ccc(C)cc2)cc1)([CH2]CCC)[CH2]CCC. The van der Waals surface area contributed by atoms with E-state index >= 15 is 0 Å². The van der Waals surface area contributed by atoms with Gasteiger partial charge in [-0.25, -0.2) is 0 Å².